The number of hydrogen-bond acceptors (Lipinski definition) is 2. The molecular formula is C19H21NO3. The molecule has 0 unspecified atom stereocenters. The predicted molar refractivity (Wildman–Crippen MR) is 89.5 cm³/mol. The fraction of sp³-hybridized carbons (Fsp3) is 0.368. The van der Waals surface area contributed by atoms with Crippen molar-refractivity contribution in [3.8, 4) is 0 Å². The van der Waals surface area contributed by atoms with Crippen molar-refractivity contribution in [3.63, 3.8) is 0 Å². The second-order valence-corrected chi connectivity index (χ2v) is 6.42. The summed E-state index contributed by atoms with van der Waals surface area (Å²) in [6.45, 7) is 2.04. The number of carbonyl (C=O) groups excluding carboxylic acids is 1. The van der Waals surface area contributed by atoms with Crippen LogP contribution in [-0.4, -0.2) is 23.0 Å². The van der Waals surface area contributed by atoms with E-state index in [-0.39, 0.29) is 24.3 Å². The first-order valence-electron chi connectivity index (χ1n) is 8.05. The third kappa shape index (κ3) is 3.36. The summed E-state index contributed by atoms with van der Waals surface area (Å²) in [5, 5.41) is 14.0. The van der Waals surface area contributed by atoms with Crippen molar-refractivity contribution in [2.75, 3.05) is 0 Å². The molecule has 2 atom stereocenters. The summed E-state index contributed by atoms with van der Waals surface area (Å²) in [7, 11) is 0. The first kappa shape index (κ1) is 15.5. The number of amides is 1. The Morgan fingerprint density at radius 3 is 2.61 bits per heavy atom. The largest absolute Gasteiger partial charge is 0.481 e. The Labute approximate surface area is 135 Å². The molecule has 4 heteroatoms. The molecule has 1 amide bonds. The van der Waals surface area contributed by atoms with Gasteiger partial charge in [-0.1, -0.05) is 30.3 Å². The molecule has 1 saturated carbocycles. The molecule has 1 aliphatic rings. The summed E-state index contributed by atoms with van der Waals surface area (Å²) in [5.41, 5.74) is 1.84. The van der Waals surface area contributed by atoms with Crippen molar-refractivity contribution in [2.45, 2.75) is 38.6 Å². The van der Waals surface area contributed by atoms with E-state index in [1.165, 1.54) is 0 Å². The smallest absolute Gasteiger partial charge is 0.303 e. The molecule has 2 aromatic rings. The number of aryl methyl sites for hydroxylation is 1. The van der Waals surface area contributed by atoms with Crippen LogP contribution in [0, 0.1) is 12.8 Å². The van der Waals surface area contributed by atoms with Gasteiger partial charge in [-0.3, -0.25) is 9.59 Å². The van der Waals surface area contributed by atoms with Crippen molar-refractivity contribution in [1.29, 1.82) is 0 Å². The van der Waals surface area contributed by atoms with Crippen LogP contribution >= 0.6 is 0 Å². The second kappa shape index (κ2) is 6.41. The fourth-order valence-electron chi connectivity index (χ4n) is 3.55. The lowest BCUT2D eigenvalue weighted by Gasteiger charge is -2.15. The zero-order valence-electron chi connectivity index (χ0n) is 13.2. The van der Waals surface area contributed by atoms with E-state index in [1.54, 1.807) is 0 Å². The minimum Gasteiger partial charge on any atom is -0.481 e. The molecule has 1 fully saturated rings. The maximum atomic E-state index is 12.6. The van der Waals surface area contributed by atoms with Crippen LogP contribution in [0.15, 0.2) is 36.4 Å². The standard InChI is InChI=1S/C19H21NO3/c1-12-6-9-17(16-5-3-2-4-15(12)16)19(23)20-14-8-7-13(10-14)11-18(21)22/h2-6,9,13-14H,7-8,10-11H2,1H3,(H,20,23)(H,21,22)/t13-,14+/m0/s1. The van der Waals surface area contributed by atoms with E-state index < -0.39 is 5.97 Å². The van der Waals surface area contributed by atoms with Crippen LogP contribution < -0.4 is 5.32 Å². The average molecular weight is 311 g/mol. The SMILES string of the molecule is Cc1ccc(C(=O)N[C@@H]2CC[C@H](CC(=O)O)C2)c2ccccc12. The van der Waals surface area contributed by atoms with Gasteiger partial charge >= 0.3 is 5.97 Å². The van der Waals surface area contributed by atoms with E-state index in [9.17, 15) is 9.59 Å². The zero-order valence-corrected chi connectivity index (χ0v) is 13.2. The minimum absolute atomic E-state index is 0.0674. The first-order chi connectivity index (χ1) is 11.0. The Morgan fingerprint density at radius 2 is 1.87 bits per heavy atom. The summed E-state index contributed by atoms with van der Waals surface area (Å²) >= 11 is 0. The molecule has 120 valence electrons. The lowest BCUT2D eigenvalue weighted by molar-refractivity contribution is -0.138. The summed E-state index contributed by atoms with van der Waals surface area (Å²) in [6, 6.07) is 11.8. The third-order valence-electron chi connectivity index (χ3n) is 4.73. The lowest BCUT2D eigenvalue weighted by Crippen LogP contribution is -2.33. The van der Waals surface area contributed by atoms with E-state index in [0.29, 0.717) is 5.56 Å². The second-order valence-electron chi connectivity index (χ2n) is 6.42. The molecule has 0 radical (unpaired) electrons. The first-order valence-corrected chi connectivity index (χ1v) is 8.05. The fourth-order valence-corrected chi connectivity index (χ4v) is 3.55. The predicted octanol–water partition coefficient (Wildman–Crippen LogP) is 3.52. The Balaban J connectivity index is 1.75. The Bertz CT molecular complexity index is 753. The zero-order chi connectivity index (χ0) is 16.4. The highest BCUT2D eigenvalue weighted by atomic mass is 16.4. The summed E-state index contributed by atoms with van der Waals surface area (Å²) in [6.07, 6.45) is 2.67. The molecule has 4 nitrogen and oxygen atoms in total. The summed E-state index contributed by atoms with van der Waals surface area (Å²) in [5.74, 6) is -0.652. The molecule has 0 heterocycles. The number of fused-ring (bicyclic) bond motifs is 1. The van der Waals surface area contributed by atoms with Gasteiger partial charge in [0.25, 0.3) is 5.91 Å². The average Bonchev–Trinajstić information content (AvgIpc) is 2.94. The van der Waals surface area contributed by atoms with E-state index in [4.69, 9.17) is 5.11 Å². The van der Waals surface area contributed by atoms with Crippen LogP contribution in [0.2, 0.25) is 0 Å². The van der Waals surface area contributed by atoms with Gasteiger partial charge in [0.15, 0.2) is 0 Å². The number of rotatable bonds is 4. The van der Waals surface area contributed by atoms with Crippen LogP contribution in [0.3, 0.4) is 0 Å². The van der Waals surface area contributed by atoms with Gasteiger partial charge in [0.1, 0.15) is 0 Å². The number of hydrogen-bond donors (Lipinski definition) is 2. The number of aliphatic carboxylic acids is 1. The normalized spacial score (nSPS) is 20.6. The van der Waals surface area contributed by atoms with Gasteiger partial charge < -0.3 is 10.4 Å². The van der Waals surface area contributed by atoms with Gasteiger partial charge in [-0.15, -0.1) is 0 Å². The number of carboxylic acid groups (broad SMARTS) is 1. The Morgan fingerprint density at radius 1 is 1.13 bits per heavy atom. The Hall–Kier alpha value is -2.36. The monoisotopic (exact) mass is 311 g/mol. The molecule has 0 aliphatic heterocycles. The van der Waals surface area contributed by atoms with Crippen molar-refractivity contribution >= 4 is 22.6 Å². The van der Waals surface area contributed by atoms with Gasteiger partial charge in [-0.05, 0) is 54.5 Å². The molecule has 0 aromatic heterocycles. The highest BCUT2D eigenvalue weighted by Crippen LogP contribution is 2.29. The third-order valence-corrected chi connectivity index (χ3v) is 4.73. The van der Waals surface area contributed by atoms with Gasteiger partial charge in [0.05, 0.1) is 0 Å². The molecule has 0 spiro atoms. The maximum Gasteiger partial charge on any atom is 0.303 e. The van der Waals surface area contributed by atoms with Gasteiger partial charge in [0.2, 0.25) is 0 Å². The number of carboxylic acids is 1. The van der Waals surface area contributed by atoms with Crippen LogP contribution in [0.4, 0.5) is 0 Å². The highest BCUT2D eigenvalue weighted by molar-refractivity contribution is 6.07. The molecule has 2 N–H and O–H groups in total. The number of nitrogens with one attached hydrogen (secondary N) is 1. The van der Waals surface area contributed by atoms with Crippen LogP contribution in [0.5, 0.6) is 0 Å². The summed E-state index contributed by atoms with van der Waals surface area (Å²) in [4.78, 5) is 23.4. The number of carbonyl (C=O) groups is 2. The lowest BCUT2D eigenvalue weighted by atomic mass is 9.99. The molecule has 2 aromatic carbocycles. The summed E-state index contributed by atoms with van der Waals surface area (Å²) < 4.78 is 0. The van der Waals surface area contributed by atoms with E-state index >= 15 is 0 Å². The topological polar surface area (TPSA) is 66.4 Å². The number of benzene rings is 2. The van der Waals surface area contributed by atoms with Crippen molar-refractivity contribution in [1.82, 2.24) is 5.32 Å². The molecule has 0 saturated heterocycles. The molecule has 3 rings (SSSR count). The molecule has 23 heavy (non-hydrogen) atoms. The van der Waals surface area contributed by atoms with Crippen molar-refractivity contribution < 1.29 is 14.7 Å². The van der Waals surface area contributed by atoms with E-state index in [2.05, 4.69) is 5.32 Å². The maximum absolute atomic E-state index is 12.6. The van der Waals surface area contributed by atoms with Gasteiger partial charge in [0, 0.05) is 18.0 Å². The van der Waals surface area contributed by atoms with E-state index in [1.807, 2.05) is 43.3 Å². The van der Waals surface area contributed by atoms with Crippen LogP contribution in [0.1, 0.15) is 41.6 Å². The van der Waals surface area contributed by atoms with Gasteiger partial charge in [-0.25, -0.2) is 0 Å². The van der Waals surface area contributed by atoms with E-state index in [0.717, 1.165) is 35.6 Å². The molecular weight excluding hydrogens is 290 g/mol. The molecule has 1 aliphatic carbocycles. The Kier molecular flexibility index (Phi) is 4.33. The van der Waals surface area contributed by atoms with Crippen LogP contribution in [0.25, 0.3) is 10.8 Å². The van der Waals surface area contributed by atoms with Crippen molar-refractivity contribution in [3.05, 3.63) is 47.5 Å². The minimum atomic E-state index is -0.758. The molecule has 0 bridgehead atoms. The highest BCUT2D eigenvalue weighted by Gasteiger charge is 2.28. The van der Waals surface area contributed by atoms with Gasteiger partial charge in [-0.2, -0.15) is 0 Å². The van der Waals surface area contributed by atoms with Crippen LogP contribution in [-0.2, 0) is 4.79 Å². The van der Waals surface area contributed by atoms with Crippen molar-refractivity contribution in [2.24, 2.45) is 5.92 Å². The quantitative estimate of drug-likeness (QED) is 0.908.